The fourth-order valence-electron chi connectivity index (χ4n) is 2.46. The zero-order chi connectivity index (χ0) is 15.4. The fourth-order valence-corrected chi connectivity index (χ4v) is 2.46. The van der Waals surface area contributed by atoms with E-state index in [1.165, 1.54) is 5.56 Å². The van der Waals surface area contributed by atoms with E-state index in [-0.39, 0.29) is 12.1 Å². The van der Waals surface area contributed by atoms with Crippen LogP contribution in [0.25, 0.3) is 0 Å². The Labute approximate surface area is 126 Å². The SMILES string of the molecule is COc1cccc(C(Cn2cncc2[C@H](C)N)N(C)C)c1. The topological polar surface area (TPSA) is 56.3 Å². The minimum Gasteiger partial charge on any atom is -0.497 e. The van der Waals surface area contributed by atoms with Crippen LogP contribution in [0, 0.1) is 0 Å². The summed E-state index contributed by atoms with van der Waals surface area (Å²) in [5, 5.41) is 0. The Kier molecular flexibility index (Phi) is 4.98. The summed E-state index contributed by atoms with van der Waals surface area (Å²) >= 11 is 0. The minimum atomic E-state index is -0.0272. The van der Waals surface area contributed by atoms with Crippen LogP contribution in [0.15, 0.2) is 36.8 Å². The van der Waals surface area contributed by atoms with E-state index < -0.39 is 0 Å². The molecule has 2 atom stereocenters. The smallest absolute Gasteiger partial charge is 0.119 e. The molecule has 1 heterocycles. The summed E-state index contributed by atoms with van der Waals surface area (Å²) in [6, 6.07) is 8.38. The van der Waals surface area contributed by atoms with Gasteiger partial charge >= 0.3 is 0 Å². The van der Waals surface area contributed by atoms with Crippen molar-refractivity contribution < 1.29 is 4.74 Å². The number of aromatic nitrogens is 2. The van der Waals surface area contributed by atoms with Gasteiger partial charge in [-0.2, -0.15) is 0 Å². The van der Waals surface area contributed by atoms with Gasteiger partial charge in [-0.3, -0.25) is 0 Å². The Morgan fingerprint density at radius 1 is 1.38 bits per heavy atom. The summed E-state index contributed by atoms with van der Waals surface area (Å²) in [7, 11) is 5.84. The minimum absolute atomic E-state index is 0.0272. The maximum Gasteiger partial charge on any atom is 0.119 e. The van der Waals surface area contributed by atoms with Crippen molar-refractivity contribution in [3.05, 3.63) is 48.0 Å². The van der Waals surface area contributed by atoms with E-state index in [2.05, 4.69) is 40.7 Å². The summed E-state index contributed by atoms with van der Waals surface area (Å²) in [6.07, 6.45) is 3.68. The molecule has 0 spiro atoms. The van der Waals surface area contributed by atoms with Gasteiger partial charge in [-0.1, -0.05) is 12.1 Å². The number of methoxy groups -OCH3 is 1. The molecule has 0 fully saturated rings. The number of nitrogens with zero attached hydrogens (tertiary/aromatic N) is 3. The van der Waals surface area contributed by atoms with Crippen LogP contribution < -0.4 is 10.5 Å². The number of rotatable bonds is 6. The molecule has 0 radical (unpaired) electrons. The van der Waals surface area contributed by atoms with E-state index in [9.17, 15) is 0 Å². The molecule has 1 aromatic carbocycles. The third kappa shape index (κ3) is 3.62. The van der Waals surface area contributed by atoms with Crippen LogP contribution in [0.1, 0.15) is 30.3 Å². The van der Waals surface area contributed by atoms with Crippen molar-refractivity contribution in [3.8, 4) is 5.75 Å². The first-order valence-electron chi connectivity index (χ1n) is 7.09. The van der Waals surface area contributed by atoms with Crippen molar-refractivity contribution in [1.82, 2.24) is 14.5 Å². The standard InChI is InChI=1S/C16H24N4O/c1-12(17)15-9-18-11-20(15)10-16(19(2)3)13-6-5-7-14(8-13)21-4/h5-9,11-12,16H,10,17H2,1-4H3/t12-,16?/m0/s1. The van der Waals surface area contributed by atoms with E-state index in [1.54, 1.807) is 7.11 Å². The number of ether oxygens (including phenoxy) is 1. The van der Waals surface area contributed by atoms with Gasteiger partial charge in [-0.25, -0.2) is 4.98 Å². The molecule has 5 nitrogen and oxygen atoms in total. The Hall–Kier alpha value is -1.85. The van der Waals surface area contributed by atoms with Crippen molar-refractivity contribution in [3.63, 3.8) is 0 Å². The second-order valence-corrected chi connectivity index (χ2v) is 5.52. The summed E-state index contributed by atoms with van der Waals surface area (Å²) in [5.74, 6) is 0.873. The van der Waals surface area contributed by atoms with Gasteiger partial charge < -0.3 is 19.9 Å². The molecule has 1 aromatic heterocycles. The molecule has 5 heteroatoms. The van der Waals surface area contributed by atoms with Crippen LogP contribution in [0.3, 0.4) is 0 Å². The molecular weight excluding hydrogens is 264 g/mol. The van der Waals surface area contributed by atoms with Crippen LogP contribution in [-0.2, 0) is 6.54 Å². The normalized spacial score (nSPS) is 14.2. The number of hydrogen-bond donors (Lipinski definition) is 1. The molecule has 0 saturated carbocycles. The number of likely N-dealkylation sites (N-methyl/N-ethyl adjacent to an activating group) is 1. The first kappa shape index (κ1) is 15.5. The van der Waals surface area contributed by atoms with Gasteiger partial charge in [0.25, 0.3) is 0 Å². The molecule has 0 saturated heterocycles. The predicted molar refractivity (Wildman–Crippen MR) is 84.3 cm³/mol. The molecule has 0 bridgehead atoms. The molecule has 0 aliphatic rings. The van der Waals surface area contributed by atoms with Gasteiger partial charge in [-0.05, 0) is 38.7 Å². The Bertz CT molecular complexity index is 577. The van der Waals surface area contributed by atoms with Gasteiger partial charge in [0.1, 0.15) is 5.75 Å². The predicted octanol–water partition coefficient (Wildman–Crippen LogP) is 2.21. The molecule has 114 valence electrons. The van der Waals surface area contributed by atoms with Gasteiger partial charge in [0.05, 0.1) is 25.2 Å². The van der Waals surface area contributed by atoms with E-state index >= 15 is 0 Å². The monoisotopic (exact) mass is 288 g/mol. The van der Waals surface area contributed by atoms with Crippen LogP contribution in [-0.4, -0.2) is 35.7 Å². The number of benzene rings is 1. The second kappa shape index (κ2) is 6.74. The number of nitrogens with two attached hydrogens (primary N) is 1. The summed E-state index contributed by atoms with van der Waals surface area (Å²) in [5.41, 5.74) is 8.26. The van der Waals surface area contributed by atoms with Crippen LogP contribution >= 0.6 is 0 Å². The zero-order valence-corrected chi connectivity index (χ0v) is 13.2. The summed E-state index contributed by atoms with van der Waals surface area (Å²) in [4.78, 5) is 6.42. The Balaban J connectivity index is 2.29. The molecule has 2 N–H and O–H groups in total. The van der Waals surface area contributed by atoms with Crippen molar-refractivity contribution in [2.24, 2.45) is 5.73 Å². The highest BCUT2D eigenvalue weighted by molar-refractivity contribution is 5.30. The molecule has 1 unspecified atom stereocenters. The second-order valence-electron chi connectivity index (χ2n) is 5.52. The maximum atomic E-state index is 6.00. The molecule has 0 aliphatic carbocycles. The molecule has 21 heavy (non-hydrogen) atoms. The first-order chi connectivity index (χ1) is 10.0. The van der Waals surface area contributed by atoms with E-state index in [0.717, 1.165) is 18.0 Å². The third-order valence-electron chi connectivity index (χ3n) is 3.68. The van der Waals surface area contributed by atoms with E-state index in [4.69, 9.17) is 10.5 Å². The fraction of sp³-hybridized carbons (Fsp3) is 0.438. The van der Waals surface area contributed by atoms with Gasteiger partial charge in [-0.15, -0.1) is 0 Å². The molecule has 2 rings (SSSR count). The quantitative estimate of drug-likeness (QED) is 0.885. The Morgan fingerprint density at radius 3 is 2.76 bits per heavy atom. The van der Waals surface area contributed by atoms with Gasteiger partial charge in [0.2, 0.25) is 0 Å². The maximum absolute atomic E-state index is 6.00. The average molecular weight is 288 g/mol. The highest BCUT2D eigenvalue weighted by Gasteiger charge is 2.17. The van der Waals surface area contributed by atoms with Crippen molar-refractivity contribution in [1.29, 1.82) is 0 Å². The molecule has 0 aliphatic heterocycles. The lowest BCUT2D eigenvalue weighted by Crippen LogP contribution is -2.26. The van der Waals surface area contributed by atoms with Crippen molar-refractivity contribution >= 4 is 0 Å². The highest BCUT2D eigenvalue weighted by Crippen LogP contribution is 2.25. The van der Waals surface area contributed by atoms with Crippen molar-refractivity contribution in [2.45, 2.75) is 25.6 Å². The third-order valence-corrected chi connectivity index (χ3v) is 3.68. The molecule has 2 aromatic rings. The average Bonchev–Trinajstić information content (AvgIpc) is 2.93. The van der Waals surface area contributed by atoms with E-state index in [0.29, 0.717) is 0 Å². The van der Waals surface area contributed by atoms with Gasteiger partial charge in [0, 0.05) is 18.8 Å². The lowest BCUT2D eigenvalue weighted by molar-refractivity contribution is 0.265. The summed E-state index contributed by atoms with van der Waals surface area (Å²) in [6.45, 7) is 2.78. The summed E-state index contributed by atoms with van der Waals surface area (Å²) < 4.78 is 7.44. The zero-order valence-electron chi connectivity index (χ0n) is 13.2. The van der Waals surface area contributed by atoms with E-state index in [1.807, 2.05) is 31.6 Å². The largest absolute Gasteiger partial charge is 0.497 e. The van der Waals surface area contributed by atoms with Crippen LogP contribution in [0.2, 0.25) is 0 Å². The molecular formula is C16H24N4O. The molecule has 0 amide bonds. The van der Waals surface area contributed by atoms with Crippen molar-refractivity contribution in [2.75, 3.05) is 21.2 Å². The lowest BCUT2D eigenvalue weighted by atomic mass is 10.1. The lowest BCUT2D eigenvalue weighted by Gasteiger charge is -2.26. The van der Waals surface area contributed by atoms with Crippen LogP contribution in [0.5, 0.6) is 5.75 Å². The van der Waals surface area contributed by atoms with Crippen LogP contribution in [0.4, 0.5) is 0 Å². The highest BCUT2D eigenvalue weighted by atomic mass is 16.5. The number of hydrogen-bond acceptors (Lipinski definition) is 4. The van der Waals surface area contributed by atoms with Gasteiger partial charge in [0.15, 0.2) is 0 Å². The Morgan fingerprint density at radius 2 is 2.14 bits per heavy atom. The first-order valence-corrected chi connectivity index (χ1v) is 7.09. The number of imidazole rings is 1.